The lowest BCUT2D eigenvalue weighted by molar-refractivity contribution is 0.142. The highest BCUT2D eigenvalue weighted by molar-refractivity contribution is 6.34. The van der Waals surface area contributed by atoms with Crippen LogP contribution in [0, 0.1) is 11.8 Å². The fourth-order valence-corrected chi connectivity index (χ4v) is 3.79. The maximum absolute atomic E-state index is 6.04. The Morgan fingerprint density at radius 2 is 1.79 bits per heavy atom. The van der Waals surface area contributed by atoms with Crippen LogP contribution in [0.1, 0.15) is 12.0 Å². The number of hydrogen-bond donors (Lipinski definition) is 1. The van der Waals surface area contributed by atoms with E-state index < -0.39 is 0 Å². The van der Waals surface area contributed by atoms with E-state index in [-0.39, 0.29) is 12.4 Å². The fraction of sp³-hybridized carbons (Fsp3) is 0.571. The molecule has 1 N–H and O–H groups in total. The lowest BCUT2D eigenvalue weighted by Gasteiger charge is -2.34. The minimum Gasteiger partial charge on any atom is -0.316 e. The molecule has 0 aromatic heterocycles. The SMILES string of the molecule is Cl.Clc1cc(Cl)cc(CN2CCC3CNCC3C2)c1. The van der Waals surface area contributed by atoms with Gasteiger partial charge in [0.05, 0.1) is 0 Å². The highest BCUT2D eigenvalue weighted by atomic mass is 35.5. The molecule has 1 aromatic carbocycles. The number of halogens is 3. The van der Waals surface area contributed by atoms with Gasteiger partial charge in [0.15, 0.2) is 0 Å². The van der Waals surface area contributed by atoms with Gasteiger partial charge >= 0.3 is 0 Å². The molecule has 2 heterocycles. The van der Waals surface area contributed by atoms with E-state index in [4.69, 9.17) is 23.2 Å². The highest BCUT2D eigenvalue weighted by Gasteiger charge is 2.32. The molecule has 3 rings (SSSR count). The van der Waals surface area contributed by atoms with E-state index in [0.717, 1.165) is 28.4 Å². The number of nitrogens with one attached hydrogen (secondary N) is 1. The van der Waals surface area contributed by atoms with Crippen LogP contribution < -0.4 is 5.32 Å². The molecule has 2 aliphatic rings. The van der Waals surface area contributed by atoms with Crippen molar-refractivity contribution < 1.29 is 0 Å². The molecular formula is C14H19Cl3N2. The third-order valence-corrected chi connectivity index (χ3v) is 4.55. The Balaban J connectivity index is 0.00000133. The number of fused-ring (bicyclic) bond motifs is 1. The molecule has 2 unspecified atom stereocenters. The zero-order valence-electron chi connectivity index (χ0n) is 10.7. The van der Waals surface area contributed by atoms with Crippen molar-refractivity contribution in [3.8, 4) is 0 Å². The highest BCUT2D eigenvalue weighted by Crippen LogP contribution is 2.28. The van der Waals surface area contributed by atoms with Crippen LogP contribution in [-0.2, 0) is 6.54 Å². The molecule has 2 atom stereocenters. The first-order valence-electron chi connectivity index (χ1n) is 6.59. The molecule has 2 saturated heterocycles. The molecule has 0 saturated carbocycles. The molecule has 0 aliphatic carbocycles. The molecule has 0 spiro atoms. The van der Waals surface area contributed by atoms with Gasteiger partial charge < -0.3 is 5.32 Å². The van der Waals surface area contributed by atoms with Crippen LogP contribution in [0.5, 0.6) is 0 Å². The first-order chi connectivity index (χ1) is 8.70. The molecule has 0 amide bonds. The summed E-state index contributed by atoms with van der Waals surface area (Å²) < 4.78 is 0. The summed E-state index contributed by atoms with van der Waals surface area (Å²) in [6, 6.07) is 5.83. The molecule has 2 nitrogen and oxygen atoms in total. The maximum atomic E-state index is 6.04. The summed E-state index contributed by atoms with van der Waals surface area (Å²) >= 11 is 12.1. The second-order valence-corrected chi connectivity index (χ2v) is 6.35. The summed E-state index contributed by atoms with van der Waals surface area (Å²) in [7, 11) is 0. The Hall–Kier alpha value is 0.01000. The first kappa shape index (κ1) is 15.4. The minimum atomic E-state index is 0. The van der Waals surface area contributed by atoms with Crippen LogP contribution in [-0.4, -0.2) is 31.1 Å². The third-order valence-electron chi connectivity index (χ3n) is 4.12. The standard InChI is InChI=1S/C14H18Cl2N2.ClH/c15-13-3-10(4-14(16)5-13)8-18-2-1-11-6-17-7-12(11)9-18;/h3-5,11-12,17H,1-2,6-9H2;1H. The average Bonchev–Trinajstić information content (AvgIpc) is 2.74. The number of hydrogen-bond acceptors (Lipinski definition) is 2. The van der Waals surface area contributed by atoms with E-state index in [1.165, 1.54) is 38.2 Å². The van der Waals surface area contributed by atoms with Gasteiger partial charge in [-0.05, 0) is 61.7 Å². The molecule has 5 heteroatoms. The van der Waals surface area contributed by atoms with Gasteiger partial charge in [0, 0.05) is 23.1 Å². The third kappa shape index (κ3) is 3.77. The van der Waals surface area contributed by atoms with Crippen LogP contribution in [0.25, 0.3) is 0 Å². The van der Waals surface area contributed by atoms with Crippen LogP contribution in [0.3, 0.4) is 0 Å². The Labute approximate surface area is 130 Å². The molecule has 19 heavy (non-hydrogen) atoms. The summed E-state index contributed by atoms with van der Waals surface area (Å²) in [5.74, 6) is 1.72. The topological polar surface area (TPSA) is 15.3 Å². The zero-order chi connectivity index (χ0) is 12.5. The van der Waals surface area contributed by atoms with Gasteiger partial charge in [-0.2, -0.15) is 0 Å². The second kappa shape index (κ2) is 6.64. The lowest BCUT2D eigenvalue weighted by atomic mass is 9.88. The largest absolute Gasteiger partial charge is 0.316 e. The Kier molecular flexibility index (Phi) is 5.38. The van der Waals surface area contributed by atoms with Crippen LogP contribution in [0.15, 0.2) is 18.2 Å². The number of benzene rings is 1. The van der Waals surface area contributed by atoms with E-state index in [0.29, 0.717) is 0 Å². The van der Waals surface area contributed by atoms with E-state index in [9.17, 15) is 0 Å². The second-order valence-electron chi connectivity index (χ2n) is 5.48. The number of piperidine rings is 1. The minimum absolute atomic E-state index is 0. The maximum Gasteiger partial charge on any atom is 0.0424 e. The van der Waals surface area contributed by atoms with Crippen molar-refractivity contribution in [2.75, 3.05) is 26.2 Å². The van der Waals surface area contributed by atoms with E-state index in [2.05, 4.69) is 10.2 Å². The van der Waals surface area contributed by atoms with Crippen molar-refractivity contribution in [1.29, 1.82) is 0 Å². The van der Waals surface area contributed by atoms with Crippen molar-refractivity contribution in [1.82, 2.24) is 10.2 Å². The van der Waals surface area contributed by atoms with Gasteiger partial charge in [0.2, 0.25) is 0 Å². The van der Waals surface area contributed by atoms with E-state index in [1.54, 1.807) is 6.07 Å². The summed E-state index contributed by atoms with van der Waals surface area (Å²) in [5, 5.41) is 4.96. The smallest absolute Gasteiger partial charge is 0.0424 e. The van der Waals surface area contributed by atoms with Crippen molar-refractivity contribution in [3.63, 3.8) is 0 Å². The van der Waals surface area contributed by atoms with Crippen molar-refractivity contribution in [2.24, 2.45) is 11.8 Å². The van der Waals surface area contributed by atoms with Crippen molar-refractivity contribution in [3.05, 3.63) is 33.8 Å². The molecule has 2 fully saturated rings. The zero-order valence-corrected chi connectivity index (χ0v) is 13.1. The summed E-state index contributed by atoms with van der Waals surface area (Å²) in [6.45, 7) is 5.73. The molecular weight excluding hydrogens is 303 g/mol. The summed E-state index contributed by atoms with van der Waals surface area (Å²) in [5.41, 5.74) is 1.22. The molecule has 0 bridgehead atoms. The monoisotopic (exact) mass is 320 g/mol. The predicted octanol–water partition coefficient (Wildman–Crippen LogP) is 3.46. The number of nitrogens with zero attached hydrogens (tertiary/aromatic N) is 1. The molecule has 0 radical (unpaired) electrons. The van der Waals surface area contributed by atoms with Gasteiger partial charge in [-0.3, -0.25) is 4.90 Å². The fourth-order valence-electron chi connectivity index (χ4n) is 3.21. The Morgan fingerprint density at radius 3 is 2.53 bits per heavy atom. The predicted molar refractivity (Wildman–Crippen MR) is 83.5 cm³/mol. The van der Waals surface area contributed by atoms with Gasteiger partial charge in [0.1, 0.15) is 0 Å². The number of likely N-dealkylation sites (tertiary alicyclic amines) is 1. The lowest BCUT2D eigenvalue weighted by Crippen LogP contribution is -2.39. The summed E-state index contributed by atoms with van der Waals surface area (Å²) in [4.78, 5) is 2.52. The van der Waals surface area contributed by atoms with Crippen molar-refractivity contribution in [2.45, 2.75) is 13.0 Å². The number of rotatable bonds is 2. The van der Waals surface area contributed by atoms with Crippen LogP contribution in [0.2, 0.25) is 10.0 Å². The van der Waals surface area contributed by atoms with E-state index >= 15 is 0 Å². The normalized spacial score (nSPS) is 26.8. The van der Waals surface area contributed by atoms with Crippen molar-refractivity contribution >= 4 is 35.6 Å². The average molecular weight is 322 g/mol. The van der Waals surface area contributed by atoms with Gasteiger partial charge in [-0.15, -0.1) is 12.4 Å². The first-order valence-corrected chi connectivity index (χ1v) is 7.34. The molecule has 1 aromatic rings. The summed E-state index contributed by atoms with van der Waals surface area (Å²) in [6.07, 6.45) is 1.31. The van der Waals surface area contributed by atoms with Gasteiger partial charge in [-0.1, -0.05) is 23.2 Å². The van der Waals surface area contributed by atoms with E-state index in [1.807, 2.05) is 12.1 Å². The molecule has 106 valence electrons. The molecule has 2 aliphatic heterocycles. The van der Waals surface area contributed by atoms with Gasteiger partial charge in [0.25, 0.3) is 0 Å². The van der Waals surface area contributed by atoms with Crippen LogP contribution >= 0.6 is 35.6 Å². The van der Waals surface area contributed by atoms with Gasteiger partial charge in [-0.25, -0.2) is 0 Å². The Bertz CT molecular complexity index is 418. The van der Waals surface area contributed by atoms with Crippen LogP contribution in [0.4, 0.5) is 0 Å². The quantitative estimate of drug-likeness (QED) is 0.897. The Morgan fingerprint density at radius 1 is 1.11 bits per heavy atom.